The predicted molar refractivity (Wildman–Crippen MR) is 57.0 cm³/mol. The van der Waals surface area contributed by atoms with Gasteiger partial charge in [-0.2, -0.15) is 0 Å². The summed E-state index contributed by atoms with van der Waals surface area (Å²) in [5.41, 5.74) is 0.951. The Morgan fingerprint density at radius 2 is 2.15 bits per heavy atom. The van der Waals surface area contributed by atoms with E-state index >= 15 is 0 Å². The SMILES string of the molecule is CC.CC=N/C=N\c1nc[nH]c1C. The standard InChI is InChI=1S/C7H10N4.C2H6/c1-3-8-4-10-7-6(2)9-5-11-7;1-2/h3-5H,1-2H3,(H,9,11);1-2H3/b8-3?,10-4-;. The van der Waals surface area contributed by atoms with Crippen molar-refractivity contribution in [2.24, 2.45) is 9.98 Å². The van der Waals surface area contributed by atoms with Gasteiger partial charge in [0, 0.05) is 6.21 Å². The fourth-order valence-electron chi connectivity index (χ4n) is 0.636. The van der Waals surface area contributed by atoms with Crippen LogP contribution < -0.4 is 0 Å². The molecule has 1 heterocycles. The van der Waals surface area contributed by atoms with Gasteiger partial charge in [0.1, 0.15) is 6.34 Å². The Labute approximate surface area is 78.8 Å². The van der Waals surface area contributed by atoms with Crippen LogP contribution in [-0.2, 0) is 0 Å². The van der Waals surface area contributed by atoms with E-state index < -0.39 is 0 Å². The van der Waals surface area contributed by atoms with Gasteiger partial charge in [-0.05, 0) is 13.8 Å². The van der Waals surface area contributed by atoms with Gasteiger partial charge < -0.3 is 4.98 Å². The minimum atomic E-state index is 0.690. The molecule has 0 saturated heterocycles. The molecule has 0 aliphatic carbocycles. The number of aromatic nitrogens is 2. The van der Waals surface area contributed by atoms with Crippen LogP contribution in [0, 0.1) is 6.92 Å². The topological polar surface area (TPSA) is 53.4 Å². The normalized spacial score (nSPS) is 10.5. The lowest BCUT2D eigenvalue weighted by molar-refractivity contribution is 1.25. The molecule has 0 amide bonds. The van der Waals surface area contributed by atoms with Crippen LogP contribution in [0.3, 0.4) is 0 Å². The number of imidazole rings is 1. The number of hydrogen-bond acceptors (Lipinski definition) is 2. The highest BCUT2D eigenvalue weighted by Gasteiger charge is 1.93. The van der Waals surface area contributed by atoms with Gasteiger partial charge in [-0.1, -0.05) is 13.8 Å². The van der Waals surface area contributed by atoms with Crippen molar-refractivity contribution in [2.75, 3.05) is 0 Å². The summed E-state index contributed by atoms with van der Waals surface area (Å²) in [6, 6.07) is 0. The lowest BCUT2D eigenvalue weighted by Crippen LogP contribution is -1.71. The van der Waals surface area contributed by atoms with Gasteiger partial charge in [0.15, 0.2) is 5.82 Å². The zero-order valence-corrected chi connectivity index (χ0v) is 8.57. The zero-order valence-electron chi connectivity index (χ0n) is 8.57. The zero-order chi connectivity index (χ0) is 10.1. The summed E-state index contributed by atoms with van der Waals surface area (Å²) in [5, 5.41) is 0. The Hall–Kier alpha value is -1.45. The molecule has 4 nitrogen and oxygen atoms in total. The summed E-state index contributed by atoms with van der Waals surface area (Å²) in [6.45, 7) is 7.75. The van der Waals surface area contributed by atoms with Gasteiger partial charge >= 0.3 is 0 Å². The van der Waals surface area contributed by atoms with E-state index in [1.165, 1.54) is 6.34 Å². The van der Waals surface area contributed by atoms with Crippen LogP contribution >= 0.6 is 0 Å². The summed E-state index contributed by atoms with van der Waals surface area (Å²) >= 11 is 0. The van der Waals surface area contributed by atoms with Crippen molar-refractivity contribution in [3.05, 3.63) is 12.0 Å². The third-order valence-corrected chi connectivity index (χ3v) is 1.20. The first-order chi connectivity index (χ1) is 6.34. The maximum Gasteiger partial charge on any atom is 0.174 e. The van der Waals surface area contributed by atoms with E-state index in [9.17, 15) is 0 Å². The molecule has 1 aromatic heterocycles. The van der Waals surface area contributed by atoms with Gasteiger partial charge in [-0.15, -0.1) is 0 Å². The Kier molecular flexibility index (Phi) is 6.41. The highest BCUT2D eigenvalue weighted by molar-refractivity contribution is 5.72. The number of aromatic amines is 1. The molecule has 4 heteroatoms. The highest BCUT2D eigenvalue weighted by atomic mass is 15.0. The third-order valence-electron chi connectivity index (χ3n) is 1.20. The Morgan fingerprint density at radius 3 is 2.62 bits per heavy atom. The van der Waals surface area contributed by atoms with Crippen LogP contribution in [0.1, 0.15) is 26.5 Å². The van der Waals surface area contributed by atoms with Crippen molar-refractivity contribution in [1.29, 1.82) is 0 Å². The first-order valence-corrected chi connectivity index (χ1v) is 4.35. The molecule has 1 aromatic rings. The van der Waals surface area contributed by atoms with E-state index in [1.54, 1.807) is 12.5 Å². The summed E-state index contributed by atoms with van der Waals surface area (Å²) in [6.07, 6.45) is 4.76. The molecule has 0 bridgehead atoms. The number of H-pyrrole nitrogens is 1. The van der Waals surface area contributed by atoms with Gasteiger partial charge in [-0.3, -0.25) is 0 Å². The molecule has 0 atom stereocenters. The Morgan fingerprint density at radius 1 is 1.46 bits per heavy atom. The number of aryl methyl sites for hydroxylation is 1. The molecule has 1 N–H and O–H groups in total. The molecule has 13 heavy (non-hydrogen) atoms. The molecule has 72 valence electrons. The number of nitrogens with one attached hydrogen (secondary N) is 1. The largest absolute Gasteiger partial charge is 0.347 e. The molecule has 0 unspecified atom stereocenters. The highest BCUT2D eigenvalue weighted by Crippen LogP contribution is 2.09. The van der Waals surface area contributed by atoms with E-state index in [0.29, 0.717) is 5.82 Å². The van der Waals surface area contributed by atoms with Crippen molar-refractivity contribution in [3.63, 3.8) is 0 Å². The van der Waals surface area contributed by atoms with E-state index in [2.05, 4.69) is 20.0 Å². The molecule has 1 rings (SSSR count). The van der Waals surface area contributed by atoms with E-state index in [-0.39, 0.29) is 0 Å². The minimum absolute atomic E-state index is 0.690. The van der Waals surface area contributed by atoms with E-state index in [1.807, 2.05) is 27.7 Å². The first kappa shape index (κ1) is 11.6. The lowest BCUT2D eigenvalue weighted by atomic mass is 10.5. The second kappa shape index (κ2) is 7.21. The fraction of sp³-hybridized carbons (Fsp3) is 0.444. The smallest absolute Gasteiger partial charge is 0.174 e. The molecule has 0 spiro atoms. The second-order valence-corrected chi connectivity index (χ2v) is 2.00. The third kappa shape index (κ3) is 4.20. The summed E-state index contributed by atoms with van der Waals surface area (Å²) in [7, 11) is 0. The van der Waals surface area contributed by atoms with Gasteiger partial charge in [-0.25, -0.2) is 15.0 Å². The second-order valence-electron chi connectivity index (χ2n) is 2.00. The lowest BCUT2D eigenvalue weighted by Gasteiger charge is -1.83. The van der Waals surface area contributed by atoms with Crippen LogP contribution in [0.4, 0.5) is 5.82 Å². The van der Waals surface area contributed by atoms with Crippen LogP contribution in [0.2, 0.25) is 0 Å². The monoisotopic (exact) mass is 180 g/mol. The molecule has 0 saturated carbocycles. The molecule has 0 radical (unpaired) electrons. The van der Waals surface area contributed by atoms with E-state index in [0.717, 1.165) is 5.69 Å². The van der Waals surface area contributed by atoms with Crippen molar-refractivity contribution in [3.8, 4) is 0 Å². The maximum absolute atomic E-state index is 3.99. The summed E-state index contributed by atoms with van der Waals surface area (Å²) < 4.78 is 0. The Balaban J connectivity index is 0.000000671. The van der Waals surface area contributed by atoms with Crippen molar-refractivity contribution in [2.45, 2.75) is 27.7 Å². The van der Waals surface area contributed by atoms with Gasteiger partial charge in [0.05, 0.1) is 12.0 Å². The molecular formula is C9H16N4. The number of aliphatic imine (C=N–C) groups is 2. The molecule has 0 aliphatic heterocycles. The van der Waals surface area contributed by atoms with Gasteiger partial charge in [0.25, 0.3) is 0 Å². The van der Waals surface area contributed by atoms with E-state index in [4.69, 9.17) is 0 Å². The maximum atomic E-state index is 3.99. The Bertz CT molecular complexity index is 273. The van der Waals surface area contributed by atoms with Crippen LogP contribution in [0.25, 0.3) is 0 Å². The van der Waals surface area contributed by atoms with Crippen molar-refractivity contribution < 1.29 is 0 Å². The average Bonchev–Trinajstić information content (AvgIpc) is 2.56. The molecular weight excluding hydrogens is 164 g/mol. The minimum Gasteiger partial charge on any atom is -0.347 e. The first-order valence-electron chi connectivity index (χ1n) is 4.35. The molecule has 0 fully saturated rings. The summed E-state index contributed by atoms with van der Waals surface area (Å²) in [5.74, 6) is 0.690. The molecule has 0 aliphatic rings. The van der Waals surface area contributed by atoms with Crippen molar-refractivity contribution in [1.82, 2.24) is 9.97 Å². The van der Waals surface area contributed by atoms with Crippen LogP contribution in [0.15, 0.2) is 16.3 Å². The van der Waals surface area contributed by atoms with Crippen LogP contribution in [-0.4, -0.2) is 22.5 Å². The fourth-order valence-corrected chi connectivity index (χ4v) is 0.636. The number of hydrogen-bond donors (Lipinski definition) is 1. The number of nitrogens with zero attached hydrogens (tertiary/aromatic N) is 3. The quantitative estimate of drug-likeness (QED) is 0.551. The number of rotatable bonds is 2. The molecule has 0 aromatic carbocycles. The van der Waals surface area contributed by atoms with Crippen LogP contribution in [0.5, 0.6) is 0 Å². The predicted octanol–water partition coefficient (Wildman–Crippen LogP) is 2.49. The van der Waals surface area contributed by atoms with Gasteiger partial charge in [0.2, 0.25) is 0 Å². The summed E-state index contributed by atoms with van der Waals surface area (Å²) in [4.78, 5) is 14.7. The average molecular weight is 180 g/mol. The van der Waals surface area contributed by atoms with Crippen molar-refractivity contribution >= 4 is 18.4 Å².